The van der Waals surface area contributed by atoms with Crippen LogP contribution in [0.3, 0.4) is 0 Å². The number of fused-ring (bicyclic) bond motifs is 1. The number of nitriles is 1. The molecule has 0 saturated heterocycles. The number of ether oxygens (including phenoxy) is 2. The molecule has 32 heavy (non-hydrogen) atoms. The third-order valence-electron chi connectivity index (χ3n) is 5.04. The Morgan fingerprint density at radius 2 is 1.88 bits per heavy atom. The third-order valence-corrected chi connectivity index (χ3v) is 6.02. The molecule has 0 fully saturated rings. The van der Waals surface area contributed by atoms with Crippen LogP contribution in [0.2, 0.25) is 0 Å². The molecule has 2 aromatic carbocycles. The van der Waals surface area contributed by atoms with Gasteiger partial charge in [-0.3, -0.25) is 4.90 Å². The summed E-state index contributed by atoms with van der Waals surface area (Å²) in [6.07, 6.45) is 0. The molecule has 0 saturated carbocycles. The van der Waals surface area contributed by atoms with Gasteiger partial charge in [0.15, 0.2) is 5.17 Å². The van der Waals surface area contributed by atoms with Crippen molar-refractivity contribution in [2.24, 2.45) is 10.7 Å². The van der Waals surface area contributed by atoms with E-state index in [9.17, 15) is 10.1 Å². The SMILES string of the molecule is CCOC(=O)C1=C(c2ccccc2)N=C2SC(C#N)=C(N)N2[C@@H]1c1ccccc1OCC. The van der Waals surface area contributed by atoms with Gasteiger partial charge in [-0.25, -0.2) is 9.79 Å². The number of hydrogen-bond acceptors (Lipinski definition) is 8. The van der Waals surface area contributed by atoms with E-state index in [2.05, 4.69) is 6.07 Å². The van der Waals surface area contributed by atoms with Gasteiger partial charge in [0, 0.05) is 11.1 Å². The molecule has 162 valence electrons. The Labute approximate surface area is 190 Å². The molecule has 2 aliphatic heterocycles. The van der Waals surface area contributed by atoms with E-state index in [0.29, 0.717) is 33.7 Å². The summed E-state index contributed by atoms with van der Waals surface area (Å²) in [6.45, 7) is 4.33. The van der Waals surface area contributed by atoms with Crippen molar-refractivity contribution in [3.63, 3.8) is 0 Å². The lowest BCUT2D eigenvalue weighted by atomic mass is 9.91. The van der Waals surface area contributed by atoms with Gasteiger partial charge in [-0.05, 0) is 31.7 Å². The van der Waals surface area contributed by atoms with Crippen LogP contribution in [0, 0.1) is 11.3 Å². The van der Waals surface area contributed by atoms with Crippen LogP contribution in [0.4, 0.5) is 0 Å². The number of esters is 1. The second-order valence-corrected chi connectivity index (χ2v) is 7.89. The number of hydrogen-bond donors (Lipinski definition) is 1. The monoisotopic (exact) mass is 446 g/mol. The van der Waals surface area contributed by atoms with Crippen molar-refractivity contribution in [2.75, 3.05) is 13.2 Å². The van der Waals surface area contributed by atoms with Crippen molar-refractivity contribution in [1.29, 1.82) is 5.26 Å². The minimum Gasteiger partial charge on any atom is -0.494 e. The van der Waals surface area contributed by atoms with Gasteiger partial charge in [0.2, 0.25) is 0 Å². The van der Waals surface area contributed by atoms with Crippen LogP contribution in [0.15, 0.2) is 75.9 Å². The van der Waals surface area contributed by atoms with Crippen LogP contribution < -0.4 is 10.5 Å². The first kappa shape index (κ1) is 21.5. The number of amidine groups is 1. The first-order chi connectivity index (χ1) is 15.6. The molecule has 2 N–H and O–H groups in total. The van der Waals surface area contributed by atoms with Crippen molar-refractivity contribution in [3.05, 3.63) is 82.0 Å². The first-order valence-corrected chi connectivity index (χ1v) is 11.1. The van der Waals surface area contributed by atoms with Crippen molar-refractivity contribution >= 4 is 28.6 Å². The van der Waals surface area contributed by atoms with Gasteiger partial charge in [0.1, 0.15) is 28.6 Å². The standard InChI is InChI=1S/C24H22N4O3S/c1-3-30-17-13-9-8-12-16(17)21-19(23(29)31-4-2)20(15-10-6-5-7-11-15)27-24-28(21)22(26)18(14-25)32-24/h5-13,21H,3-4,26H2,1-2H3/t21-/m1/s1. The quantitative estimate of drug-likeness (QED) is 0.665. The zero-order chi connectivity index (χ0) is 22.7. The van der Waals surface area contributed by atoms with Gasteiger partial charge >= 0.3 is 5.97 Å². The summed E-state index contributed by atoms with van der Waals surface area (Å²) in [4.78, 5) is 20.2. The van der Waals surface area contributed by atoms with Crippen LogP contribution in [-0.4, -0.2) is 29.3 Å². The summed E-state index contributed by atoms with van der Waals surface area (Å²) in [5.74, 6) is 0.383. The van der Waals surface area contributed by atoms with E-state index >= 15 is 0 Å². The molecular formula is C24H22N4O3S. The fraction of sp³-hybridized carbons (Fsp3) is 0.208. The van der Waals surface area contributed by atoms with E-state index in [1.165, 1.54) is 11.8 Å². The smallest absolute Gasteiger partial charge is 0.338 e. The predicted molar refractivity (Wildman–Crippen MR) is 124 cm³/mol. The zero-order valence-electron chi connectivity index (χ0n) is 17.7. The lowest BCUT2D eigenvalue weighted by molar-refractivity contribution is -0.139. The van der Waals surface area contributed by atoms with Crippen molar-refractivity contribution < 1.29 is 14.3 Å². The molecule has 7 nitrogen and oxygen atoms in total. The van der Waals surface area contributed by atoms with Gasteiger partial charge in [-0.15, -0.1) is 0 Å². The largest absolute Gasteiger partial charge is 0.494 e. The topological polar surface area (TPSA) is 101 Å². The maximum absolute atomic E-state index is 13.3. The van der Waals surface area contributed by atoms with Crippen LogP contribution in [0.1, 0.15) is 31.0 Å². The van der Waals surface area contributed by atoms with Crippen molar-refractivity contribution in [2.45, 2.75) is 19.9 Å². The number of thioether (sulfide) groups is 1. The van der Waals surface area contributed by atoms with E-state index in [0.717, 1.165) is 11.1 Å². The summed E-state index contributed by atoms with van der Waals surface area (Å²) in [5.41, 5.74) is 8.72. The van der Waals surface area contributed by atoms with Crippen molar-refractivity contribution in [1.82, 2.24) is 4.90 Å². The number of allylic oxidation sites excluding steroid dienone is 1. The van der Waals surface area contributed by atoms with Crippen LogP contribution in [-0.2, 0) is 9.53 Å². The van der Waals surface area contributed by atoms with Gasteiger partial charge in [-0.1, -0.05) is 48.5 Å². The Bertz CT molecular complexity index is 1180. The second kappa shape index (κ2) is 9.20. The molecular weight excluding hydrogens is 424 g/mol. The van der Waals surface area contributed by atoms with Gasteiger partial charge in [-0.2, -0.15) is 5.26 Å². The molecule has 0 aromatic heterocycles. The van der Waals surface area contributed by atoms with E-state index in [-0.39, 0.29) is 12.4 Å². The summed E-state index contributed by atoms with van der Waals surface area (Å²) in [6, 6.07) is 18.4. The third kappa shape index (κ3) is 3.72. The van der Waals surface area contributed by atoms with E-state index < -0.39 is 12.0 Å². The number of nitrogens with zero attached hydrogens (tertiary/aromatic N) is 3. The van der Waals surface area contributed by atoms with E-state index in [4.69, 9.17) is 20.2 Å². The maximum atomic E-state index is 13.3. The fourth-order valence-corrected chi connectivity index (χ4v) is 4.62. The lowest BCUT2D eigenvalue weighted by Gasteiger charge is -2.36. The Kier molecular flexibility index (Phi) is 6.19. The highest BCUT2D eigenvalue weighted by atomic mass is 32.2. The van der Waals surface area contributed by atoms with Gasteiger partial charge < -0.3 is 15.2 Å². The molecule has 0 spiro atoms. The van der Waals surface area contributed by atoms with E-state index in [1.807, 2.05) is 61.5 Å². The van der Waals surface area contributed by atoms with Crippen LogP contribution in [0.5, 0.6) is 5.75 Å². The normalized spacial score (nSPS) is 17.6. The molecule has 1 atom stereocenters. The van der Waals surface area contributed by atoms with E-state index in [1.54, 1.807) is 11.8 Å². The Hall–Kier alpha value is -3.70. The number of carbonyl (C=O) groups is 1. The van der Waals surface area contributed by atoms with Gasteiger partial charge in [0.05, 0.1) is 24.5 Å². The number of carbonyl (C=O) groups excluding carboxylic acids is 1. The average molecular weight is 447 g/mol. The number of benzene rings is 2. The average Bonchev–Trinajstić information content (AvgIpc) is 3.14. The number of aliphatic imine (C=N–C) groups is 1. The summed E-state index contributed by atoms with van der Waals surface area (Å²) < 4.78 is 11.3. The molecule has 0 bridgehead atoms. The molecule has 2 heterocycles. The highest BCUT2D eigenvalue weighted by Gasteiger charge is 2.44. The minimum atomic E-state index is -0.669. The summed E-state index contributed by atoms with van der Waals surface area (Å²) in [7, 11) is 0. The Morgan fingerprint density at radius 1 is 1.16 bits per heavy atom. The van der Waals surface area contributed by atoms with Crippen LogP contribution >= 0.6 is 11.8 Å². The lowest BCUT2D eigenvalue weighted by Crippen LogP contribution is -2.39. The van der Waals surface area contributed by atoms with Gasteiger partial charge in [0.25, 0.3) is 0 Å². The molecule has 4 rings (SSSR count). The number of rotatable bonds is 6. The summed E-state index contributed by atoms with van der Waals surface area (Å²) in [5, 5.41) is 10.1. The second-order valence-electron chi connectivity index (χ2n) is 6.91. The highest BCUT2D eigenvalue weighted by molar-refractivity contribution is 8.17. The predicted octanol–water partition coefficient (Wildman–Crippen LogP) is 4.17. The molecule has 0 unspecified atom stereocenters. The molecule has 2 aromatic rings. The highest BCUT2D eigenvalue weighted by Crippen LogP contribution is 2.49. The molecule has 2 aliphatic rings. The molecule has 8 heteroatoms. The fourth-order valence-electron chi connectivity index (χ4n) is 3.75. The minimum absolute atomic E-state index is 0.213. The summed E-state index contributed by atoms with van der Waals surface area (Å²) >= 11 is 1.19. The Morgan fingerprint density at radius 3 is 2.56 bits per heavy atom. The zero-order valence-corrected chi connectivity index (χ0v) is 18.6. The molecule has 0 aliphatic carbocycles. The van der Waals surface area contributed by atoms with Crippen LogP contribution in [0.25, 0.3) is 5.70 Å². The molecule has 0 amide bonds. The molecule has 0 radical (unpaired) electrons. The van der Waals surface area contributed by atoms with Crippen molar-refractivity contribution in [3.8, 4) is 11.8 Å². The first-order valence-electron chi connectivity index (χ1n) is 10.2. The number of para-hydroxylation sites is 1. The number of nitrogens with two attached hydrogens (primary N) is 1. The Balaban J connectivity index is 2.02. The maximum Gasteiger partial charge on any atom is 0.338 e.